The van der Waals surface area contributed by atoms with Crippen molar-refractivity contribution in [2.75, 3.05) is 25.5 Å². The van der Waals surface area contributed by atoms with Gasteiger partial charge in [0.2, 0.25) is 5.91 Å². The van der Waals surface area contributed by atoms with Gasteiger partial charge >= 0.3 is 6.03 Å². The number of piperidine rings is 1. The van der Waals surface area contributed by atoms with Crippen molar-refractivity contribution in [1.29, 1.82) is 0 Å². The highest BCUT2D eigenvalue weighted by molar-refractivity contribution is 5.89. The van der Waals surface area contributed by atoms with Crippen molar-refractivity contribution in [3.05, 3.63) is 54.6 Å². The number of nitrogens with one attached hydrogen (secondary N) is 2. The number of amides is 3. The van der Waals surface area contributed by atoms with Crippen molar-refractivity contribution in [2.45, 2.75) is 12.8 Å². The number of carbonyl (C=O) groups excluding carboxylic acids is 2. The normalized spacial score (nSPS) is 14.9. The summed E-state index contributed by atoms with van der Waals surface area (Å²) < 4.78 is 0. The van der Waals surface area contributed by atoms with E-state index in [9.17, 15) is 9.59 Å². The van der Waals surface area contributed by atoms with Gasteiger partial charge in [0.1, 0.15) is 0 Å². The first kappa shape index (κ1) is 18.6. The Kier molecular flexibility index (Phi) is 6.14. The van der Waals surface area contributed by atoms with Crippen LogP contribution in [0, 0.1) is 5.92 Å². The fourth-order valence-electron chi connectivity index (χ4n) is 2.97. The summed E-state index contributed by atoms with van der Waals surface area (Å²) in [5, 5.41) is 13.9. The lowest BCUT2D eigenvalue weighted by molar-refractivity contribution is -0.125. The maximum Gasteiger partial charge on any atom is 0.321 e. The van der Waals surface area contributed by atoms with Crippen molar-refractivity contribution in [2.24, 2.45) is 16.1 Å². The van der Waals surface area contributed by atoms with Gasteiger partial charge in [0, 0.05) is 31.7 Å². The fraction of sp³-hybridized carbons (Fsp3) is 0.300. The minimum Gasteiger partial charge on any atom is -0.359 e. The van der Waals surface area contributed by atoms with Gasteiger partial charge in [-0.15, -0.1) is 0 Å². The highest BCUT2D eigenvalue weighted by Crippen LogP contribution is 2.21. The van der Waals surface area contributed by atoms with E-state index in [1.165, 1.54) is 0 Å². The van der Waals surface area contributed by atoms with Gasteiger partial charge in [-0.3, -0.25) is 4.79 Å². The number of anilines is 1. The lowest BCUT2D eigenvalue weighted by Crippen LogP contribution is -2.44. The number of hydrogen-bond donors (Lipinski definition) is 2. The molecule has 27 heavy (non-hydrogen) atoms. The summed E-state index contributed by atoms with van der Waals surface area (Å²) in [6.07, 6.45) is 1.37. The molecule has 0 bridgehead atoms. The number of azo groups is 1. The largest absolute Gasteiger partial charge is 0.359 e. The van der Waals surface area contributed by atoms with E-state index in [2.05, 4.69) is 20.9 Å². The van der Waals surface area contributed by atoms with Crippen molar-refractivity contribution in [1.82, 2.24) is 10.2 Å². The SMILES string of the molecule is CNC(=O)C1CCN(C(=O)Nc2ccc(N=Nc3ccccc3)cc2)CC1. The predicted octanol–water partition coefficient (Wildman–Crippen LogP) is 4.09. The maximum atomic E-state index is 12.4. The number of nitrogens with zero attached hydrogens (tertiary/aromatic N) is 3. The van der Waals surface area contributed by atoms with Crippen LogP contribution >= 0.6 is 0 Å². The van der Waals surface area contributed by atoms with Crippen molar-refractivity contribution in [3.8, 4) is 0 Å². The van der Waals surface area contributed by atoms with Crippen molar-refractivity contribution >= 4 is 29.0 Å². The van der Waals surface area contributed by atoms with E-state index in [4.69, 9.17) is 0 Å². The van der Waals surface area contributed by atoms with E-state index in [1.807, 2.05) is 30.3 Å². The molecule has 0 saturated carbocycles. The second-order valence-electron chi connectivity index (χ2n) is 6.39. The highest BCUT2D eigenvalue weighted by atomic mass is 16.2. The van der Waals surface area contributed by atoms with Crippen LogP contribution in [0.15, 0.2) is 64.8 Å². The molecule has 1 fully saturated rings. The molecular formula is C20H23N5O2. The van der Waals surface area contributed by atoms with Crippen LogP contribution in [0.5, 0.6) is 0 Å². The van der Waals surface area contributed by atoms with E-state index in [0.717, 1.165) is 5.69 Å². The Morgan fingerprint density at radius 1 is 0.926 bits per heavy atom. The van der Waals surface area contributed by atoms with Gasteiger partial charge in [-0.25, -0.2) is 4.79 Å². The molecule has 7 heteroatoms. The molecule has 0 spiro atoms. The predicted molar refractivity (Wildman–Crippen MR) is 104 cm³/mol. The molecule has 0 aromatic heterocycles. The van der Waals surface area contributed by atoms with Crippen LogP contribution in [0.25, 0.3) is 0 Å². The zero-order valence-corrected chi connectivity index (χ0v) is 15.3. The number of rotatable bonds is 4. The first-order valence-corrected chi connectivity index (χ1v) is 9.00. The molecule has 0 radical (unpaired) electrons. The Morgan fingerprint density at radius 3 is 2.11 bits per heavy atom. The van der Waals surface area contributed by atoms with Crippen molar-refractivity contribution in [3.63, 3.8) is 0 Å². The van der Waals surface area contributed by atoms with Crippen LogP contribution in [0.3, 0.4) is 0 Å². The molecule has 1 saturated heterocycles. The van der Waals surface area contributed by atoms with Gasteiger partial charge in [0.15, 0.2) is 0 Å². The van der Waals surface area contributed by atoms with Crippen LogP contribution in [0.1, 0.15) is 12.8 Å². The summed E-state index contributed by atoms with van der Waals surface area (Å²) in [5.74, 6) is 0.0450. The molecule has 2 aromatic carbocycles. The highest BCUT2D eigenvalue weighted by Gasteiger charge is 2.26. The van der Waals surface area contributed by atoms with Gasteiger partial charge in [0.05, 0.1) is 11.4 Å². The van der Waals surface area contributed by atoms with Crippen molar-refractivity contribution < 1.29 is 9.59 Å². The van der Waals surface area contributed by atoms with Gasteiger partial charge in [0.25, 0.3) is 0 Å². The third kappa shape index (κ3) is 5.13. The van der Waals surface area contributed by atoms with E-state index in [0.29, 0.717) is 37.3 Å². The smallest absolute Gasteiger partial charge is 0.321 e. The number of benzene rings is 2. The van der Waals surface area contributed by atoms with Gasteiger partial charge in [-0.2, -0.15) is 10.2 Å². The topological polar surface area (TPSA) is 86.2 Å². The van der Waals surface area contributed by atoms with Gasteiger partial charge < -0.3 is 15.5 Å². The zero-order chi connectivity index (χ0) is 19.1. The third-order valence-corrected chi connectivity index (χ3v) is 4.56. The summed E-state index contributed by atoms with van der Waals surface area (Å²) in [5.41, 5.74) is 2.20. The molecule has 3 rings (SSSR count). The lowest BCUT2D eigenvalue weighted by Gasteiger charge is -2.31. The Morgan fingerprint density at radius 2 is 1.52 bits per heavy atom. The summed E-state index contributed by atoms with van der Waals surface area (Å²) in [6, 6.07) is 16.6. The third-order valence-electron chi connectivity index (χ3n) is 4.56. The van der Waals surface area contributed by atoms with E-state index in [1.54, 1.807) is 36.2 Å². The standard InChI is InChI=1S/C20H23N5O2/c1-21-19(26)15-11-13-25(14-12-15)20(27)22-16-7-9-18(10-8-16)24-23-17-5-3-2-4-6-17/h2-10,15H,11-14H2,1H3,(H,21,26)(H,22,27). The van der Waals surface area contributed by atoms with Crippen LogP contribution in [-0.4, -0.2) is 37.0 Å². The molecule has 7 nitrogen and oxygen atoms in total. The number of likely N-dealkylation sites (tertiary alicyclic amines) is 1. The Bertz CT molecular complexity index is 797. The van der Waals surface area contributed by atoms with E-state index >= 15 is 0 Å². The zero-order valence-electron chi connectivity index (χ0n) is 15.3. The second kappa shape index (κ2) is 8.93. The molecule has 0 aliphatic carbocycles. The summed E-state index contributed by atoms with van der Waals surface area (Å²) in [4.78, 5) is 25.8. The number of hydrogen-bond acceptors (Lipinski definition) is 4. The first-order chi connectivity index (χ1) is 13.2. The number of urea groups is 1. The first-order valence-electron chi connectivity index (χ1n) is 9.00. The molecule has 1 aliphatic heterocycles. The molecule has 2 N–H and O–H groups in total. The molecular weight excluding hydrogens is 342 g/mol. The summed E-state index contributed by atoms with van der Waals surface area (Å²) in [7, 11) is 1.64. The Hall–Kier alpha value is -3.22. The van der Waals surface area contributed by atoms with Crippen LogP contribution in [0.2, 0.25) is 0 Å². The molecule has 1 aliphatic rings. The number of carbonyl (C=O) groups is 2. The average molecular weight is 365 g/mol. The molecule has 0 unspecified atom stereocenters. The monoisotopic (exact) mass is 365 g/mol. The average Bonchev–Trinajstić information content (AvgIpc) is 2.73. The lowest BCUT2D eigenvalue weighted by atomic mass is 9.96. The van der Waals surface area contributed by atoms with E-state index in [-0.39, 0.29) is 17.9 Å². The Labute approximate surface area is 158 Å². The van der Waals surface area contributed by atoms with Crippen LogP contribution < -0.4 is 10.6 Å². The molecule has 1 heterocycles. The molecule has 2 aromatic rings. The van der Waals surface area contributed by atoms with E-state index < -0.39 is 0 Å². The summed E-state index contributed by atoms with van der Waals surface area (Å²) in [6.45, 7) is 1.15. The van der Waals surface area contributed by atoms with Crippen LogP contribution in [-0.2, 0) is 4.79 Å². The van der Waals surface area contributed by atoms with Gasteiger partial charge in [-0.05, 0) is 49.2 Å². The summed E-state index contributed by atoms with van der Waals surface area (Å²) >= 11 is 0. The maximum absolute atomic E-state index is 12.4. The Balaban J connectivity index is 1.52. The fourth-order valence-corrected chi connectivity index (χ4v) is 2.97. The van der Waals surface area contributed by atoms with Gasteiger partial charge in [-0.1, -0.05) is 18.2 Å². The van der Waals surface area contributed by atoms with Crippen LogP contribution in [0.4, 0.5) is 21.9 Å². The minimum absolute atomic E-state index is 0.00619. The molecule has 0 atom stereocenters. The minimum atomic E-state index is -0.149. The quantitative estimate of drug-likeness (QED) is 0.800. The second-order valence-corrected chi connectivity index (χ2v) is 6.39. The molecule has 3 amide bonds. The molecule has 140 valence electrons.